The van der Waals surface area contributed by atoms with E-state index in [9.17, 15) is 0 Å². The summed E-state index contributed by atoms with van der Waals surface area (Å²) in [5.41, 5.74) is 7.46. The molecule has 4 N–H and O–H groups in total. The van der Waals surface area contributed by atoms with Crippen LogP contribution >= 0.6 is 0 Å². The van der Waals surface area contributed by atoms with Crippen molar-refractivity contribution >= 4 is 22.3 Å². The SMILES string of the molecule is Cc1nnc(N)c2ccc(-n3cc(N(O)O)cn3)cc12. The van der Waals surface area contributed by atoms with Crippen LogP contribution in [0.1, 0.15) is 5.69 Å². The van der Waals surface area contributed by atoms with Gasteiger partial charge in [0.25, 0.3) is 0 Å². The lowest BCUT2D eigenvalue weighted by atomic mass is 10.1. The van der Waals surface area contributed by atoms with Crippen LogP contribution in [0.15, 0.2) is 30.6 Å². The van der Waals surface area contributed by atoms with Crippen molar-refractivity contribution in [3.63, 3.8) is 0 Å². The molecule has 3 rings (SSSR count). The summed E-state index contributed by atoms with van der Waals surface area (Å²) in [4.78, 5) is 0. The maximum atomic E-state index is 8.94. The van der Waals surface area contributed by atoms with Crippen molar-refractivity contribution < 1.29 is 10.4 Å². The minimum absolute atomic E-state index is 0.0132. The third-order valence-corrected chi connectivity index (χ3v) is 3.04. The van der Waals surface area contributed by atoms with Crippen LogP contribution in [0.2, 0.25) is 0 Å². The van der Waals surface area contributed by atoms with Crippen LogP contribution in [0.3, 0.4) is 0 Å². The molecule has 0 amide bonds. The van der Waals surface area contributed by atoms with Crippen molar-refractivity contribution in [2.45, 2.75) is 6.92 Å². The third kappa shape index (κ3) is 1.92. The molecule has 1 aromatic carbocycles. The number of nitrogens with two attached hydrogens (primary N) is 1. The normalized spacial score (nSPS) is 10.9. The lowest BCUT2D eigenvalue weighted by Crippen LogP contribution is -2.09. The van der Waals surface area contributed by atoms with E-state index >= 15 is 0 Å². The highest BCUT2D eigenvalue weighted by Gasteiger charge is 2.08. The second kappa shape index (κ2) is 4.44. The van der Waals surface area contributed by atoms with Crippen molar-refractivity contribution in [2.24, 2.45) is 0 Å². The highest BCUT2D eigenvalue weighted by Crippen LogP contribution is 2.24. The number of nitrogens with zero attached hydrogens (tertiary/aromatic N) is 5. The number of benzene rings is 1. The van der Waals surface area contributed by atoms with Gasteiger partial charge in [-0.05, 0) is 25.1 Å². The molecule has 0 aliphatic heterocycles. The molecule has 0 aliphatic carbocycles. The number of nitrogen functional groups attached to an aromatic ring is 1. The van der Waals surface area contributed by atoms with Crippen LogP contribution in [0.4, 0.5) is 11.5 Å². The summed E-state index contributed by atoms with van der Waals surface area (Å²) in [7, 11) is 0. The van der Waals surface area contributed by atoms with Gasteiger partial charge in [-0.3, -0.25) is 10.4 Å². The molecule has 2 heterocycles. The van der Waals surface area contributed by atoms with Gasteiger partial charge >= 0.3 is 0 Å². The zero-order valence-corrected chi connectivity index (χ0v) is 10.6. The average Bonchev–Trinajstić information content (AvgIpc) is 2.93. The fraction of sp³-hybridized carbons (Fsp3) is 0.0833. The van der Waals surface area contributed by atoms with E-state index in [1.54, 1.807) is 0 Å². The van der Waals surface area contributed by atoms with Crippen molar-refractivity contribution in [3.05, 3.63) is 36.3 Å². The number of hydrogen-bond acceptors (Lipinski definition) is 7. The van der Waals surface area contributed by atoms with Crippen LogP contribution in [0.25, 0.3) is 16.5 Å². The molecule has 0 atom stereocenters. The molecule has 0 fully saturated rings. The van der Waals surface area contributed by atoms with E-state index in [0.29, 0.717) is 5.82 Å². The van der Waals surface area contributed by atoms with Crippen molar-refractivity contribution in [3.8, 4) is 5.69 Å². The fourth-order valence-corrected chi connectivity index (χ4v) is 1.99. The van der Waals surface area contributed by atoms with Crippen LogP contribution < -0.4 is 11.0 Å². The number of aromatic nitrogens is 4. The Balaban J connectivity index is 2.15. The van der Waals surface area contributed by atoms with Gasteiger partial charge in [0.1, 0.15) is 5.69 Å². The molecule has 8 heteroatoms. The Morgan fingerprint density at radius 3 is 2.70 bits per heavy atom. The lowest BCUT2D eigenvalue weighted by molar-refractivity contribution is 0.0291. The van der Waals surface area contributed by atoms with Gasteiger partial charge in [-0.1, -0.05) is 0 Å². The van der Waals surface area contributed by atoms with Gasteiger partial charge in [0, 0.05) is 10.8 Å². The molecule has 0 bridgehead atoms. The zero-order valence-electron chi connectivity index (χ0n) is 10.6. The third-order valence-electron chi connectivity index (χ3n) is 3.04. The number of rotatable bonds is 2. The first-order chi connectivity index (χ1) is 9.56. The summed E-state index contributed by atoms with van der Waals surface area (Å²) in [6, 6.07) is 5.51. The van der Waals surface area contributed by atoms with Crippen molar-refractivity contribution in [2.75, 3.05) is 11.0 Å². The van der Waals surface area contributed by atoms with Gasteiger partial charge in [-0.25, -0.2) is 4.68 Å². The number of fused-ring (bicyclic) bond motifs is 1. The van der Waals surface area contributed by atoms with Crippen molar-refractivity contribution in [1.82, 2.24) is 20.0 Å². The minimum Gasteiger partial charge on any atom is -0.382 e. The van der Waals surface area contributed by atoms with E-state index in [2.05, 4.69) is 15.3 Å². The molecule has 0 saturated heterocycles. The van der Waals surface area contributed by atoms with Crippen molar-refractivity contribution in [1.29, 1.82) is 0 Å². The van der Waals surface area contributed by atoms with Gasteiger partial charge in [-0.15, -0.1) is 10.3 Å². The van der Waals surface area contributed by atoms with E-state index < -0.39 is 0 Å². The standard InChI is InChI=1S/C12H12N6O2/c1-7-11-4-8(2-3-10(11)12(13)16-15-7)17-6-9(5-14-17)18(19)20/h2-6,19-20H,1H3,(H2,13,16). The lowest BCUT2D eigenvalue weighted by Gasteiger charge is -2.07. The van der Waals surface area contributed by atoms with Crippen LogP contribution in [0, 0.1) is 6.92 Å². The molecule has 0 saturated carbocycles. The van der Waals surface area contributed by atoms with E-state index in [-0.39, 0.29) is 10.9 Å². The minimum atomic E-state index is 0.0132. The zero-order chi connectivity index (χ0) is 14.3. The first kappa shape index (κ1) is 12.3. The first-order valence-corrected chi connectivity index (χ1v) is 5.81. The number of hydrogen-bond donors (Lipinski definition) is 3. The maximum absolute atomic E-state index is 8.94. The summed E-state index contributed by atoms with van der Waals surface area (Å²) in [6.45, 7) is 1.84. The number of anilines is 2. The van der Waals surface area contributed by atoms with E-state index in [1.165, 1.54) is 17.1 Å². The molecule has 0 unspecified atom stereocenters. The summed E-state index contributed by atoms with van der Waals surface area (Å²) in [5, 5.41) is 31.5. The Hall–Kier alpha value is -2.71. The molecule has 0 aliphatic rings. The molecule has 8 nitrogen and oxygen atoms in total. The highest BCUT2D eigenvalue weighted by molar-refractivity contribution is 5.93. The van der Waals surface area contributed by atoms with Gasteiger partial charge in [-0.2, -0.15) is 10.2 Å². The topological polar surface area (TPSA) is 113 Å². The predicted octanol–water partition coefficient (Wildman–Crippen LogP) is 1.29. The fourth-order valence-electron chi connectivity index (χ4n) is 1.99. The molecular weight excluding hydrogens is 260 g/mol. The molecule has 20 heavy (non-hydrogen) atoms. The first-order valence-electron chi connectivity index (χ1n) is 5.81. The summed E-state index contributed by atoms with van der Waals surface area (Å²) >= 11 is 0. The van der Waals surface area contributed by atoms with Crippen LogP contribution in [0.5, 0.6) is 0 Å². The maximum Gasteiger partial charge on any atom is 0.153 e. The quantitative estimate of drug-likeness (QED) is 0.602. The molecular formula is C12H12N6O2. The highest BCUT2D eigenvalue weighted by atomic mass is 16.8. The summed E-state index contributed by atoms with van der Waals surface area (Å²) in [6.07, 6.45) is 2.81. The Kier molecular flexibility index (Phi) is 2.74. The summed E-state index contributed by atoms with van der Waals surface area (Å²) < 4.78 is 1.52. The van der Waals surface area contributed by atoms with E-state index in [0.717, 1.165) is 22.2 Å². The Morgan fingerprint density at radius 2 is 2.00 bits per heavy atom. The molecule has 0 radical (unpaired) electrons. The molecule has 3 aromatic rings. The summed E-state index contributed by atoms with van der Waals surface area (Å²) in [5.74, 6) is 0.371. The van der Waals surface area contributed by atoms with E-state index in [1.807, 2.05) is 25.1 Å². The van der Waals surface area contributed by atoms with Gasteiger partial charge in [0.05, 0.1) is 23.8 Å². The smallest absolute Gasteiger partial charge is 0.153 e. The average molecular weight is 272 g/mol. The predicted molar refractivity (Wildman–Crippen MR) is 71.9 cm³/mol. The second-order valence-corrected chi connectivity index (χ2v) is 4.33. The second-order valence-electron chi connectivity index (χ2n) is 4.33. The molecule has 0 spiro atoms. The van der Waals surface area contributed by atoms with Crippen LogP contribution in [-0.4, -0.2) is 30.4 Å². The Morgan fingerprint density at radius 1 is 1.20 bits per heavy atom. The molecule has 102 valence electrons. The monoisotopic (exact) mass is 272 g/mol. The van der Waals surface area contributed by atoms with Crippen LogP contribution in [-0.2, 0) is 0 Å². The largest absolute Gasteiger partial charge is 0.382 e. The van der Waals surface area contributed by atoms with Gasteiger partial charge in [0.15, 0.2) is 5.82 Å². The van der Waals surface area contributed by atoms with Gasteiger partial charge < -0.3 is 5.73 Å². The van der Waals surface area contributed by atoms with E-state index in [4.69, 9.17) is 16.1 Å². The molecule has 2 aromatic heterocycles. The van der Waals surface area contributed by atoms with Gasteiger partial charge in [0.2, 0.25) is 0 Å². The Bertz CT molecular complexity index is 783. The number of aryl methyl sites for hydroxylation is 1. The Labute approximate surface area is 113 Å².